The largest absolute Gasteiger partial charge is 0.357 e. The Balaban J connectivity index is 0. The molecular formula is C13H23NO. The first kappa shape index (κ1) is 16.1. The first-order valence-corrected chi connectivity index (χ1v) is 5.50. The molecular weight excluding hydrogens is 186 g/mol. The van der Waals surface area contributed by atoms with E-state index in [1.165, 1.54) is 0 Å². The van der Waals surface area contributed by atoms with E-state index < -0.39 is 0 Å². The van der Waals surface area contributed by atoms with Crippen molar-refractivity contribution in [2.75, 3.05) is 0 Å². The summed E-state index contributed by atoms with van der Waals surface area (Å²) in [6.07, 6.45) is 5.83. The molecule has 1 rings (SSSR count). The van der Waals surface area contributed by atoms with E-state index in [1.54, 1.807) is 0 Å². The molecule has 0 saturated carbocycles. The van der Waals surface area contributed by atoms with E-state index in [4.69, 9.17) is 4.52 Å². The molecule has 0 spiro atoms. The zero-order valence-electron chi connectivity index (χ0n) is 10.8. The van der Waals surface area contributed by atoms with E-state index in [2.05, 4.69) is 11.7 Å². The number of hydrogen-bond acceptors (Lipinski definition) is 2. The number of hydrogen-bond donors (Lipinski definition) is 0. The highest BCUT2D eigenvalue weighted by Crippen LogP contribution is 1.77. The summed E-state index contributed by atoms with van der Waals surface area (Å²) in [4.78, 5) is 0. The average molecular weight is 209 g/mol. The molecule has 1 heterocycles. The van der Waals surface area contributed by atoms with Gasteiger partial charge in [0.05, 0.1) is 5.69 Å². The lowest BCUT2D eigenvalue weighted by Crippen LogP contribution is -2.19. The van der Waals surface area contributed by atoms with Crippen molar-refractivity contribution in [1.29, 1.82) is 0 Å². The Labute approximate surface area is 93.0 Å². The molecule has 0 unspecified atom stereocenters. The van der Waals surface area contributed by atoms with Crippen LogP contribution in [0, 0.1) is 6.92 Å². The van der Waals surface area contributed by atoms with Gasteiger partial charge in [-0.25, -0.2) is 0 Å². The highest BCUT2D eigenvalue weighted by Gasteiger charge is 1.92. The molecule has 2 nitrogen and oxygen atoms in total. The van der Waals surface area contributed by atoms with Crippen molar-refractivity contribution in [3.63, 3.8) is 0 Å². The summed E-state index contributed by atoms with van der Waals surface area (Å²) in [6, 6.07) is 0. The van der Waals surface area contributed by atoms with Crippen LogP contribution in [0.25, 0.3) is 12.7 Å². The van der Waals surface area contributed by atoms with Crippen LogP contribution in [0.4, 0.5) is 0 Å². The highest BCUT2D eigenvalue weighted by molar-refractivity contribution is 5.37. The summed E-state index contributed by atoms with van der Waals surface area (Å²) in [6.45, 7) is 15.6. The zero-order valence-corrected chi connectivity index (χ0v) is 10.8. The summed E-state index contributed by atoms with van der Waals surface area (Å²) in [5, 5.41) is 4.74. The maximum absolute atomic E-state index is 4.87. The van der Waals surface area contributed by atoms with Gasteiger partial charge in [-0.2, -0.15) is 0 Å². The molecule has 0 N–H and O–H groups in total. The lowest BCUT2D eigenvalue weighted by Gasteiger charge is -1.74. The Morgan fingerprint density at radius 1 is 1.20 bits per heavy atom. The van der Waals surface area contributed by atoms with Crippen LogP contribution >= 0.6 is 0 Å². The van der Waals surface area contributed by atoms with Crippen LogP contribution in [-0.4, -0.2) is 5.16 Å². The van der Waals surface area contributed by atoms with Gasteiger partial charge >= 0.3 is 0 Å². The Morgan fingerprint density at radius 3 is 2.07 bits per heavy atom. The van der Waals surface area contributed by atoms with Crippen LogP contribution in [0.15, 0.2) is 16.7 Å². The number of allylic oxidation sites excluding steroid dienone is 2. The smallest absolute Gasteiger partial charge is 0.159 e. The van der Waals surface area contributed by atoms with E-state index in [0.717, 1.165) is 10.9 Å². The van der Waals surface area contributed by atoms with Crippen LogP contribution in [0.3, 0.4) is 0 Å². The van der Waals surface area contributed by atoms with E-state index in [1.807, 2.05) is 59.8 Å². The molecule has 0 saturated heterocycles. The van der Waals surface area contributed by atoms with Crippen LogP contribution < -0.4 is 10.6 Å². The molecule has 15 heavy (non-hydrogen) atoms. The second-order valence-corrected chi connectivity index (χ2v) is 2.30. The minimum atomic E-state index is 0.626. The van der Waals surface area contributed by atoms with Gasteiger partial charge in [0, 0.05) is 5.22 Å². The SMILES string of the molecule is C=c1onc(C)/c1=C/C=C\C.CC.CC. The minimum absolute atomic E-state index is 0.626. The Morgan fingerprint density at radius 2 is 1.73 bits per heavy atom. The van der Waals surface area contributed by atoms with Crippen molar-refractivity contribution in [3.05, 3.63) is 28.5 Å². The predicted octanol–water partition coefficient (Wildman–Crippen LogP) is 2.80. The number of nitrogens with zero attached hydrogens (tertiary/aromatic N) is 1. The molecule has 0 aliphatic rings. The van der Waals surface area contributed by atoms with Crippen molar-refractivity contribution in [2.45, 2.75) is 41.5 Å². The molecule has 1 aromatic heterocycles. The molecule has 2 heteroatoms. The van der Waals surface area contributed by atoms with E-state index in [9.17, 15) is 0 Å². The maximum Gasteiger partial charge on any atom is 0.159 e. The van der Waals surface area contributed by atoms with E-state index in [-0.39, 0.29) is 0 Å². The number of aromatic nitrogens is 1. The summed E-state index contributed by atoms with van der Waals surface area (Å²) < 4.78 is 4.87. The van der Waals surface area contributed by atoms with Gasteiger partial charge in [0.1, 0.15) is 0 Å². The molecule has 0 radical (unpaired) electrons. The second-order valence-electron chi connectivity index (χ2n) is 2.30. The summed E-state index contributed by atoms with van der Waals surface area (Å²) >= 11 is 0. The average Bonchev–Trinajstić information content (AvgIpc) is 2.62. The van der Waals surface area contributed by atoms with Gasteiger partial charge in [0.2, 0.25) is 0 Å². The molecule has 0 aliphatic heterocycles. The summed E-state index contributed by atoms with van der Waals surface area (Å²) in [5.74, 6) is 0. The van der Waals surface area contributed by atoms with Crippen LogP contribution in [-0.2, 0) is 0 Å². The molecule has 0 aromatic carbocycles. The van der Waals surface area contributed by atoms with Gasteiger partial charge in [0.15, 0.2) is 5.42 Å². The number of rotatable bonds is 1. The normalized spacial score (nSPS) is 10.4. The third kappa shape index (κ3) is 5.89. The monoisotopic (exact) mass is 209 g/mol. The third-order valence-corrected chi connectivity index (χ3v) is 1.44. The van der Waals surface area contributed by atoms with Gasteiger partial charge in [-0.05, 0) is 19.9 Å². The van der Waals surface area contributed by atoms with Crippen molar-refractivity contribution in [1.82, 2.24) is 5.16 Å². The second kappa shape index (κ2) is 10.8. The van der Waals surface area contributed by atoms with Crippen LogP contribution in [0.2, 0.25) is 0 Å². The lowest BCUT2D eigenvalue weighted by atomic mass is 10.3. The first-order chi connectivity index (χ1) is 7.25. The van der Waals surface area contributed by atoms with E-state index >= 15 is 0 Å². The fourth-order valence-corrected chi connectivity index (χ4v) is 0.830. The highest BCUT2D eigenvalue weighted by atomic mass is 16.5. The van der Waals surface area contributed by atoms with Gasteiger partial charge in [0.25, 0.3) is 0 Å². The summed E-state index contributed by atoms with van der Waals surface area (Å²) in [5.41, 5.74) is 1.51. The Hall–Kier alpha value is -1.31. The quantitative estimate of drug-likeness (QED) is 0.711. The molecule has 0 amide bonds. The fourth-order valence-electron chi connectivity index (χ4n) is 0.830. The minimum Gasteiger partial charge on any atom is -0.357 e. The summed E-state index contributed by atoms with van der Waals surface area (Å²) in [7, 11) is 0. The molecule has 0 bridgehead atoms. The van der Waals surface area contributed by atoms with Gasteiger partial charge in [-0.1, -0.05) is 51.6 Å². The van der Waals surface area contributed by atoms with Gasteiger partial charge in [-0.3, -0.25) is 0 Å². The molecule has 0 aliphatic carbocycles. The fraction of sp³-hybridized carbons (Fsp3) is 0.462. The molecule has 0 fully saturated rings. The molecule has 86 valence electrons. The van der Waals surface area contributed by atoms with Crippen molar-refractivity contribution in [2.24, 2.45) is 0 Å². The number of aryl methyl sites for hydroxylation is 1. The van der Waals surface area contributed by atoms with Crippen LogP contribution in [0.1, 0.15) is 40.3 Å². The zero-order chi connectivity index (χ0) is 12.3. The van der Waals surface area contributed by atoms with Gasteiger partial charge < -0.3 is 4.52 Å². The van der Waals surface area contributed by atoms with Gasteiger partial charge in [-0.15, -0.1) is 0 Å². The Kier molecular flexibility index (Phi) is 11.6. The topological polar surface area (TPSA) is 26.0 Å². The molecule has 0 atom stereocenters. The predicted molar refractivity (Wildman–Crippen MR) is 68.0 cm³/mol. The maximum atomic E-state index is 4.87. The van der Waals surface area contributed by atoms with E-state index in [0.29, 0.717) is 5.42 Å². The lowest BCUT2D eigenvalue weighted by molar-refractivity contribution is 0.391. The van der Waals surface area contributed by atoms with Crippen molar-refractivity contribution >= 4 is 12.7 Å². The first-order valence-electron chi connectivity index (χ1n) is 5.50. The van der Waals surface area contributed by atoms with Crippen molar-refractivity contribution in [3.8, 4) is 0 Å². The molecule has 1 aromatic rings. The Bertz CT molecular complexity index is 360. The van der Waals surface area contributed by atoms with Crippen molar-refractivity contribution < 1.29 is 4.52 Å². The van der Waals surface area contributed by atoms with Crippen LogP contribution in [0.5, 0.6) is 0 Å². The standard InChI is InChI=1S/C9H11NO.2C2H6/c1-4-5-6-9-7(2)10-11-8(9)3;2*1-2/h4-6H,3H2,1-2H3;2*1-2H3/b5-4-,9-6-;;. The third-order valence-electron chi connectivity index (χ3n) is 1.44.